The predicted octanol–water partition coefficient (Wildman–Crippen LogP) is 1.30. The Hall–Kier alpha value is -2.44. The fraction of sp³-hybridized carbons (Fsp3) is 0.438. The number of nitrogens with zero attached hydrogens (tertiary/aromatic N) is 2. The topological polar surface area (TPSA) is 71.0 Å². The molecule has 0 aromatic heterocycles. The highest BCUT2D eigenvalue weighted by atomic mass is 19.1. The Balaban J connectivity index is 1.93. The van der Waals surface area contributed by atoms with Crippen LogP contribution in [0.5, 0.6) is 0 Å². The van der Waals surface area contributed by atoms with Gasteiger partial charge < -0.3 is 15.1 Å². The third kappa shape index (κ3) is 3.85. The number of hydrogen-bond acceptors (Lipinski definition) is 4. The monoisotopic (exact) mass is 321 g/mol. The van der Waals surface area contributed by atoms with Crippen LogP contribution < -0.4 is 5.32 Å². The van der Waals surface area contributed by atoms with Gasteiger partial charge >= 0.3 is 0 Å². The molecule has 1 N–H and O–H groups in total. The van der Waals surface area contributed by atoms with Crippen LogP contribution in [0.4, 0.5) is 4.39 Å². The molecule has 0 saturated carbocycles. The van der Waals surface area contributed by atoms with Crippen LogP contribution in [0.25, 0.3) is 0 Å². The van der Waals surface area contributed by atoms with Gasteiger partial charge in [0.15, 0.2) is 0 Å². The summed E-state index contributed by atoms with van der Waals surface area (Å²) in [5.74, 6) is -0.860. The van der Waals surface area contributed by atoms with Crippen molar-refractivity contribution in [2.75, 3.05) is 20.6 Å². The van der Waals surface area contributed by atoms with E-state index >= 15 is 0 Å². The van der Waals surface area contributed by atoms with Crippen molar-refractivity contribution in [2.45, 2.75) is 25.4 Å². The highest BCUT2D eigenvalue weighted by molar-refractivity contribution is 6.05. The normalized spacial score (nSPS) is 19.7. The van der Waals surface area contributed by atoms with Crippen molar-refractivity contribution in [1.82, 2.24) is 10.2 Å². The fourth-order valence-electron chi connectivity index (χ4n) is 2.19. The van der Waals surface area contributed by atoms with Gasteiger partial charge in [-0.25, -0.2) is 4.39 Å². The highest BCUT2D eigenvalue weighted by Gasteiger charge is 2.42. The lowest BCUT2D eigenvalue weighted by atomic mass is 9.95. The van der Waals surface area contributed by atoms with Crippen LogP contribution in [-0.2, 0) is 14.4 Å². The molecule has 124 valence electrons. The first-order chi connectivity index (χ1) is 10.8. The number of oxime groups is 1. The summed E-state index contributed by atoms with van der Waals surface area (Å²) in [5, 5.41) is 6.51. The summed E-state index contributed by atoms with van der Waals surface area (Å²) < 4.78 is 13.8. The minimum atomic E-state index is -1.20. The van der Waals surface area contributed by atoms with Crippen molar-refractivity contribution < 1.29 is 18.8 Å². The van der Waals surface area contributed by atoms with E-state index in [1.165, 1.54) is 11.0 Å². The lowest BCUT2D eigenvalue weighted by molar-refractivity contribution is -0.141. The van der Waals surface area contributed by atoms with Crippen LogP contribution in [0.1, 0.15) is 25.3 Å². The Morgan fingerprint density at radius 3 is 2.74 bits per heavy atom. The van der Waals surface area contributed by atoms with Gasteiger partial charge in [0, 0.05) is 39.0 Å². The minimum Gasteiger partial charge on any atom is -0.379 e. The van der Waals surface area contributed by atoms with Crippen LogP contribution in [0.3, 0.4) is 0 Å². The van der Waals surface area contributed by atoms with Gasteiger partial charge in [-0.2, -0.15) is 0 Å². The van der Waals surface area contributed by atoms with Crippen LogP contribution in [0.15, 0.2) is 29.4 Å². The third-order valence-corrected chi connectivity index (χ3v) is 3.65. The van der Waals surface area contributed by atoms with Crippen LogP contribution >= 0.6 is 0 Å². The molecule has 7 heteroatoms. The zero-order valence-corrected chi connectivity index (χ0v) is 13.4. The summed E-state index contributed by atoms with van der Waals surface area (Å²) in [6.45, 7) is 1.80. The Morgan fingerprint density at radius 2 is 2.09 bits per heavy atom. The van der Waals surface area contributed by atoms with E-state index in [2.05, 4.69) is 10.5 Å². The second-order valence-corrected chi connectivity index (χ2v) is 5.81. The predicted molar refractivity (Wildman–Crippen MR) is 83.4 cm³/mol. The molecule has 1 aromatic rings. The zero-order chi connectivity index (χ0) is 17.0. The maximum Gasteiger partial charge on any atom is 0.267 e. The summed E-state index contributed by atoms with van der Waals surface area (Å²) in [6, 6.07) is 6.21. The number of amides is 2. The SMILES string of the molecule is CN(C)C(=O)CCNC(=O)C1(C)CC(c2ccccc2F)=NO1. The quantitative estimate of drug-likeness (QED) is 0.889. The molecule has 0 aliphatic carbocycles. The van der Waals surface area contributed by atoms with E-state index in [-0.39, 0.29) is 31.2 Å². The number of hydrogen-bond donors (Lipinski definition) is 1. The molecule has 1 heterocycles. The summed E-state index contributed by atoms with van der Waals surface area (Å²) in [4.78, 5) is 30.4. The molecule has 1 aromatic carbocycles. The maximum atomic E-state index is 13.8. The Bertz CT molecular complexity index is 645. The Morgan fingerprint density at radius 1 is 1.39 bits per heavy atom. The largest absolute Gasteiger partial charge is 0.379 e. The van der Waals surface area contributed by atoms with Crippen LogP contribution in [0, 0.1) is 5.82 Å². The molecule has 23 heavy (non-hydrogen) atoms. The molecular weight excluding hydrogens is 301 g/mol. The molecule has 0 fully saturated rings. The van der Waals surface area contributed by atoms with E-state index < -0.39 is 11.4 Å². The maximum absolute atomic E-state index is 13.8. The van der Waals surface area contributed by atoms with Crippen molar-refractivity contribution in [1.29, 1.82) is 0 Å². The summed E-state index contributed by atoms with van der Waals surface area (Å²) in [7, 11) is 3.31. The molecule has 2 rings (SSSR count). The Kier molecular flexibility index (Phi) is 4.98. The van der Waals surface area contributed by atoms with Gasteiger partial charge in [0.05, 0.1) is 5.71 Å². The van der Waals surface area contributed by atoms with Gasteiger partial charge in [-0.3, -0.25) is 9.59 Å². The van der Waals surface area contributed by atoms with Gasteiger partial charge in [-0.05, 0) is 13.0 Å². The molecule has 6 nitrogen and oxygen atoms in total. The number of rotatable bonds is 5. The van der Waals surface area contributed by atoms with E-state index in [4.69, 9.17) is 4.84 Å². The van der Waals surface area contributed by atoms with E-state index in [1.54, 1.807) is 39.2 Å². The first kappa shape index (κ1) is 16.9. The Labute approximate surface area is 134 Å². The third-order valence-electron chi connectivity index (χ3n) is 3.65. The molecule has 1 unspecified atom stereocenters. The number of carbonyl (C=O) groups excluding carboxylic acids is 2. The van der Waals surface area contributed by atoms with Crippen LogP contribution in [0.2, 0.25) is 0 Å². The average Bonchev–Trinajstić information content (AvgIpc) is 2.91. The number of halogens is 1. The lowest BCUT2D eigenvalue weighted by Gasteiger charge is -2.20. The summed E-state index contributed by atoms with van der Waals surface area (Å²) in [5.41, 5.74) is -0.476. The summed E-state index contributed by atoms with van der Waals surface area (Å²) >= 11 is 0. The molecule has 1 aliphatic rings. The minimum absolute atomic E-state index is 0.0777. The molecule has 0 radical (unpaired) electrons. The second-order valence-electron chi connectivity index (χ2n) is 5.81. The fourth-order valence-corrected chi connectivity index (χ4v) is 2.19. The van der Waals surface area contributed by atoms with Crippen molar-refractivity contribution in [3.63, 3.8) is 0 Å². The van der Waals surface area contributed by atoms with Crippen molar-refractivity contribution in [3.8, 4) is 0 Å². The number of nitrogens with one attached hydrogen (secondary N) is 1. The average molecular weight is 321 g/mol. The molecule has 0 saturated heterocycles. The number of carbonyl (C=O) groups is 2. The van der Waals surface area contributed by atoms with Crippen molar-refractivity contribution in [3.05, 3.63) is 35.6 Å². The van der Waals surface area contributed by atoms with Crippen molar-refractivity contribution >= 4 is 17.5 Å². The molecule has 1 aliphatic heterocycles. The highest BCUT2D eigenvalue weighted by Crippen LogP contribution is 2.27. The van der Waals surface area contributed by atoms with E-state index in [1.807, 2.05) is 0 Å². The van der Waals surface area contributed by atoms with E-state index in [0.717, 1.165) is 0 Å². The smallest absolute Gasteiger partial charge is 0.267 e. The first-order valence-corrected chi connectivity index (χ1v) is 7.32. The van der Waals surface area contributed by atoms with Gasteiger partial charge in [-0.15, -0.1) is 0 Å². The lowest BCUT2D eigenvalue weighted by Crippen LogP contribution is -2.45. The van der Waals surface area contributed by atoms with E-state index in [0.29, 0.717) is 11.3 Å². The second kappa shape index (κ2) is 6.76. The number of benzene rings is 1. The van der Waals surface area contributed by atoms with Gasteiger partial charge in [-0.1, -0.05) is 23.4 Å². The molecular formula is C16H20FN3O3. The molecule has 0 spiro atoms. The molecule has 0 bridgehead atoms. The zero-order valence-electron chi connectivity index (χ0n) is 13.4. The summed E-state index contributed by atoms with van der Waals surface area (Å²) in [6.07, 6.45) is 0.372. The van der Waals surface area contributed by atoms with E-state index in [9.17, 15) is 14.0 Å². The standard InChI is InChI=1S/C16H20FN3O3/c1-16(15(22)18-9-8-14(21)20(2)3)10-13(19-23-16)11-6-4-5-7-12(11)17/h4-7H,8-10H2,1-3H3,(H,18,22). The van der Waals surface area contributed by atoms with Gasteiger partial charge in [0.25, 0.3) is 5.91 Å². The first-order valence-electron chi connectivity index (χ1n) is 7.32. The van der Waals surface area contributed by atoms with Crippen molar-refractivity contribution in [2.24, 2.45) is 5.16 Å². The van der Waals surface area contributed by atoms with Gasteiger partial charge in [0.2, 0.25) is 11.5 Å². The van der Waals surface area contributed by atoms with Crippen LogP contribution in [-0.4, -0.2) is 48.7 Å². The molecule has 2 amide bonds. The van der Waals surface area contributed by atoms with Gasteiger partial charge in [0.1, 0.15) is 5.82 Å². The molecule has 1 atom stereocenters.